The van der Waals surface area contributed by atoms with Gasteiger partial charge in [0.1, 0.15) is 0 Å². The molecule has 1 aromatic rings. The Morgan fingerprint density at radius 2 is 2.38 bits per heavy atom. The van der Waals surface area contributed by atoms with Crippen LogP contribution in [0.15, 0.2) is 18.2 Å². The van der Waals surface area contributed by atoms with E-state index in [0.717, 1.165) is 17.9 Å². The quantitative estimate of drug-likeness (QED) is 0.883. The summed E-state index contributed by atoms with van der Waals surface area (Å²) in [4.78, 5) is 0. The van der Waals surface area contributed by atoms with E-state index < -0.39 is 11.9 Å². The zero-order valence-corrected chi connectivity index (χ0v) is 9.97. The fourth-order valence-corrected chi connectivity index (χ4v) is 3.26. The van der Waals surface area contributed by atoms with Gasteiger partial charge in [0.05, 0.1) is 13.2 Å². The minimum absolute atomic E-state index is 0.159. The second-order valence-electron chi connectivity index (χ2n) is 3.93. The van der Waals surface area contributed by atoms with Gasteiger partial charge in [0.15, 0.2) is 11.6 Å². The first-order valence-corrected chi connectivity index (χ1v) is 6.47. The van der Waals surface area contributed by atoms with E-state index in [0.29, 0.717) is 5.56 Å². The zero-order valence-electron chi connectivity index (χ0n) is 9.15. The maximum atomic E-state index is 13.9. The van der Waals surface area contributed by atoms with Crippen LogP contribution in [-0.4, -0.2) is 23.7 Å². The van der Waals surface area contributed by atoms with E-state index in [1.165, 1.54) is 7.11 Å². The van der Waals surface area contributed by atoms with Gasteiger partial charge >= 0.3 is 0 Å². The number of halogens is 1. The molecule has 0 aromatic heterocycles. The summed E-state index contributed by atoms with van der Waals surface area (Å²) in [6, 6.07) is 4.91. The first-order chi connectivity index (χ1) is 7.74. The number of benzene rings is 1. The van der Waals surface area contributed by atoms with Crippen molar-refractivity contribution < 1.29 is 14.2 Å². The molecule has 0 spiro atoms. The van der Waals surface area contributed by atoms with Crippen molar-refractivity contribution in [1.29, 1.82) is 0 Å². The molecule has 0 saturated carbocycles. The van der Waals surface area contributed by atoms with E-state index >= 15 is 0 Å². The van der Waals surface area contributed by atoms with Gasteiger partial charge in [0.2, 0.25) is 0 Å². The average Bonchev–Trinajstić information content (AvgIpc) is 2.82. The average molecular weight is 242 g/mol. The van der Waals surface area contributed by atoms with Crippen molar-refractivity contribution in [3.8, 4) is 5.75 Å². The molecule has 1 aliphatic rings. The highest BCUT2D eigenvalue weighted by molar-refractivity contribution is 7.99. The SMILES string of the molecule is COc1cccc(C(O)C2CCSC2)c1F. The Hall–Kier alpha value is -0.740. The number of hydrogen-bond donors (Lipinski definition) is 1. The summed E-state index contributed by atoms with van der Waals surface area (Å²) in [5.41, 5.74) is 0.354. The number of aliphatic hydroxyl groups excluding tert-OH is 1. The first kappa shape index (κ1) is 11.7. The maximum Gasteiger partial charge on any atom is 0.170 e. The van der Waals surface area contributed by atoms with E-state index in [-0.39, 0.29) is 11.7 Å². The second-order valence-corrected chi connectivity index (χ2v) is 5.08. The van der Waals surface area contributed by atoms with Crippen LogP contribution in [0.4, 0.5) is 4.39 Å². The van der Waals surface area contributed by atoms with Gasteiger partial charge in [-0.3, -0.25) is 0 Å². The van der Waals surface area contributed by atoms with Crippen LogP contribution in [0.5, 0.6) is 5.75 Å². The molecule has 16 heavy (non-hydrogen) atoms. The van der Waals surface area contributed by atoms with Gasteiger partial charge in [0, 0.05) is 5.56 Å². The molecule has 2 unspecified atom stereocenters. The third-order valence-corrected chi connectivity index (χ3v) is 4.13. The van der Waals surface area contributed by atoms with Crippen molar-refractivity contribution >= 4 is 11.8 Å². The monoisotopic (exact) mass is 242 g/mol. The topological polar surface area (TPSA) is 29.5 Å². The Bertz CT molecular complexity index is 364. The summed E-state index contributed by atoms with van der Waals surface area (Å²) in [5, 5.41) is 10.1. The Kier molecular flexibility index (Phi) is 3.71. The fourth-order valence-electron chi connectivity index (χ4n) is 1.97. The van der Waals surface area contributed by atoms with Crippen LogP contribution >= 0.6 is 11.8 Å². The van der Waals surface area contributed by atoms with Crippen LogP contribution in [0.3, 0.4) is 0 Å². The smallest absolute Gasteiger partial charge is 0.170 e. The number of methoxy groups -OCH3 is 1. The van der Waals surface area contributed by atoms with Gasteiger partial charge in [-0.15, -0.1) is 0 Å². The van der Waals surface area contributed by atoms with Gasteiger partial charge in [-0.25, -0.2) is 4.39 Å². The lowest BCUT2D eigenvalue weighted by Crippen LogP contribution is -2.13. The van der Waals surface area contributed by atoms with Crippen LogP contribution in [0.25, 0.3) is 0 Å². The molecule has 1 N–H and O–H groups in total. The molecule has 4 heteroatoms. The van der Waals surface area contributed by atoms with Gasteiger partial charge in [-0.1, -0.05) is 12.1 Å². The number of hydrogen-bond acceptors (Lipinski definition) is 3. The molecular weight excluding hydrogens is 227 g/mol. The van der Waals surface area contributed by atoms with Crippen LogP contribution in [0.1, 0.15) is 18.1 Å². The molecule has 2 nitrogen and oxygen atoms in total. The van der Waals surface area contributed by atoms with E-state index in [2.05, 4.69) is 0 Å². The largest absolute Gasteiger partial charge is 0.494 e. The van der Waals surface area contributed by atoms with Crippen molar-refractivity contribution in [2.45, 2.75) is 12.5 Å². The molecule has 1 fully saturated rings. The minimum atomic E-state index is -0.718. The van der Waals surface area contributed by atoms with Gasteiger partial charge in [-0.2, -0.15) is 11.8 Å². The predicted octanol–water partition coefficient (Wildman–Crippen LogP) is 2.62. The molecule has 1 aliphatic heterocycles. The fraction of sp³-hybridized carbons (Fsp3) is 0.500. The Balaban J connectivity index is 2.25. The summed E-state index contributed by atoms with van der Waals surface area (Å²) in [6.07, 6.45) is 0.229. The van der Waals surface area contributed by atoms with E-state index in [9.17, 15) is 9.50 Å². The third kappa shape index (κ3) is 2.18. The minimum Gasteiger partial charge on any atom is -0.494 e. The number of rotatable bonds is 3. The lowest BCUT2D eigenvalue weighted by molar-refractivity contribution is 0.116. The lowest BCUT2D eigenvalue weighted by Gasteiger charge is -2.18. The summed E-state index contributed by atoms with van der Waals surface area (Å²) < 4.78 is 18.8. The molecule has 1 saturated heterocycles. The van der Waals surface area contributed by atoms with Crippen molar-refractivity contribution in [2.75, 3.05) is 18.6 Å². The normalized spacial score (nSPS) is 22.1. The zero-order chi connectivity index (χ0) is 11.5. The molecule has 1 heterocycles. The van der Waals surface area contributed by atoms with Crippen molar-refractivity contribution in [3.63, 3.8) is 0 Å². The molecule has 0 aliphatic carbocycles. The summed E-state index contributed by atoms with van der Waals surface area (Å²) in [7, 11) is 1.43. The molecule has 0 radical (unpaired) electrons. The van der Waals surface area contributed by atoms with E-state index in [1.807, 2.05) is 11.8 Å². The third-order valence-electron chi connectivity index (χ3n) is 2.94. The molecule has 2 atom stereocenters. The highest BCUT2D eigenvalue weighted by Crippen LogP contribution is 2.36. The van der Waals surface area contributed by atoms with Crippen LogP contribution in [-0.2, 0) is 0 Å². The molecule has 88 valence electrons. The Morgan fingerprint density at radius 1 is 1.56 bits per heavy atom. The summed E-state index contributed by atoms with van der Waals surface area (Å²) in [5.74, 6) is 1.87. The molecule has 1 aromatic carbocycles. The van der Waals surface area contributed by atoms with Crippen LogP contribution < -0.4 is 4.74 Å². The lowest BCUT2D eigenvalue weighted by atomic mass is 9.95. The molecule has 0 amide bonds. The highest BCUT2D eigenvalue weighted by atomic mass is 32.2. The van der Waals surface area contributed by atoms with E-state index in [1.54, 1.807) is 18.2 Å². The van der Waals surface area contributed by atoms with Gasteiger partial charge in [0.25, 0.3) is 0 Å². The summed E-state index contributed by atoms with van der Waals surface area (Å²) >= 11 is 1.81. The van der Waals surface area contributed by atoms with Gasteiger partial charge in [-0.05, 0) is 29.9 Å². The highest BCUT2D eigenvalue weighted by Gasteiger charge is 2.27. The van der Waals surface area contributed by atoms with Crippen molar-refractivity contribution in [2.24, 2.45) is 5.92 Å². The van der Waals surface area contributed by atoms with E-state index in [4.69, 9.17) is 4.74 Å². The van der Waals surface area contributed by atoms with Crippen molar-refractivity contribution in [1.82, 2.24) is 0 Å². The van der Waals surface area contributed by atoms with Crippen LogP contribution in [0, 0.1) is 11.7 Å². The number of ether oxygens (including phenoxy) is 1. The molecular formula is C12H15FO2S. The first-order valence-electron chi connectivity index (χ1n) is 5.32. The standard InChI is InChI=1S/C12H15FO2S/c1-15-10-4-2-3-9(11(10)13)12(14)8-5-6-16-7-8/h2-4,8,12,14H,5-7H2,1H3. The molecule has 0 bridgehead atoms. The number of thioether (sulfide) groups is 1. The maximum absolute atomic E-state index is 13.9. The van der Waals surface area contributed by atoms with Gasteiger partial charge < -0.3 is 9.84 Å². The van der Waals surface area contributed by atoms with Crippen molar-refractivity contribution in [3.05, 3.63) is 29.6 Å². The number of aliphatic hydroxyl groups is 1. The molecule has 2 rings (SSSR count). The summed E-state index contributed by atoms with van der Waals surface area (Å²) in [6.45, 7) is 0. The predicted molar refractivity (Wildman–Crippen MR) is 63.3 cm³/mol. The van der Waals surface area contributed by atoms with Crippen LogP contribution in [0.2, 0.25) is 0 Å². The second kappa shape index (κ2) is 5.06. The Morgan fingerprint density at radius 3 is 3.00 bits per heavy atom. The Labute approximate surface area is 98.8 Å².